The fourth-order valence-electron chi connectivity index (χ4n) is 3.85. The SMILES string of the molecule is Cc1ccc2cc(C#N)c(N3CCCN(C(=O)Cc4cccs4)CC3)nc2c1C. The van der Waals surface area contributed by atoms with Crippen LogP contribution >= 0.6 is 11.3 Å². The topological polar surface area (TPSA) is 60.2 Å². The van der Waals surface area contributed by atoms with Gasteiger partial charge >= 0.3 is 0 Å². The molecule has 3 aromatic rings. The number of aryl methyl sites for hydroxylation is 2. The fourth-order valence-corrected chi connectivity index (χ4v) is 4.54. The number of hydrogen-bond acceptors (Lipinski definition) is 5. The summed E-state index contributed by atoms with van der Waals surface area (Å²) in [6.07, 6.45) is 1.33. The van der Waals surface area contributed by atoms with Crippen LogP contribution in [0, 0.1) is 25.2 Å². The van der Waals surface area contributed by atoms with Crippen LogP contribution in [0.2, 0.25) is 0 Å². The number of fused-ring (bicyclic) bond motifs is 1. The van der Waals surface area contributed by atoms with Gasteiger partial charge in [0.2, 0.25) is 5.91 Å². The third kappa shape index (κ3) is 3.96. The highest BCUT2D eigenvalue weighted by Crippen LogP contribution is 2.27. The normalized spacial score (nSPS) is 14.7. The Labute approximate surface area is 175 Å². The lowest BCUT2D eigenvalue weighted by Gasteiger charge is -2.24. The van der Waals surface area contributed by atoms with Gasteiger partial charge in [-0.25, -0.2) is 4.98 Å². The quantitative estimate of drug-likeness (QED) is 0.660. The number of aromatic nitrogens is 1. The Morgan fingerprint density at radius 2 is 2.07 bits per heavy atom. The minimum Gasteiger partial charge on any atom is -0.354 e. The predicted molar refractivity (Wildman–Crippen MR) is 117 cm³/mol. The van der Waals surface area contributed by atoms with Crippen LogP contribution in [0.15, 0.2) is 35.7 Å². The van der Waals surface area contributed by atoms with Crippen LogP contribution in [0.5, 0.6) is 0 Å². The predicted octanol–water partition coefficient (Wildman–Crippen LogP) is 4.07. The lowest BCUT2D eigenvalue weighted by molar-refractivity contribution is -0.130. The van der Waals surface area contributed by atoms with Crippen molar-refractivity contribution in [2.45, 2.75) is 26.7 Å². The van der Waals surface area contributed by atoms with Crippen LogP contribution < -0.4 is 4.90 Å². The fraction of sp³-hybridized carbons (Fsp3) is 0.348. The van der Waals surface area contributed by atoms with Crippen molar-refractivity contribution in [2.75, 3.05) is 31.1 Å². The van der Waals surface area contributed by atoms with Gasteiger partial charge in [0.25, 0.3) is 0 Å². The monoisotopic (exact) mass is 404 g/mol. The molecule has 0 atom stereocenters. The summed E-state index contributed by atoms with van der Waals surface area (Å²) in [5.74, 6) is 0.911. The largest absolute Gasteiger partial charge is 0.354 e. The zero-order valence-corrected chi connectivity index (χ0v) is 17.6. The highest BCUT2D eigenvalue weighted by molar-refractivity contribution is 7.10. The Balaban J connectivity index is 1.57. The second-order valence-corrected chi connectivity index (χ2v) is 8.56. The van der Waals surface area contributed by atoms with Crippen molar-refractivity contribution >= 4 is 34.0 Å². The molecule has 2 aromatic heterocycles. The summed E-state index contributed by atoms with van der Waals surface area (Å²) >= 11 is 1.62. The van der Waals surface area contributed by atoms with Crippen molar-refractivity contribution < 1.29 is 4.79 Å². The van der Waals surface area contributed by atoms with Gasteiger partial charge in [-0.05, 0) is 48.9 Å². The molecule has 29 heavy (non-hydrogen) atoms. The van der Waals surface area contributed by atoms with Crippen LogP contribution in [0.4, 0.5) is 5.82 Å². The van der Waals surface area contributed by atoms with Gasteiger partial charge in [0.1, 0.15) is 11.9 Å². The molecule has 1 aromatic carbocycles. The summed E-state index contributed by atoms with van der Waals surface area (Å²) in [7, 11) is 0. The van der Waals surface area contributed by atoms with Gasteiger partial charge < -0.3 is 9.80 Å². The van der Waals surface area contributed by atoms with E-state index >= 15 is 0 Å². The molecule has 0 bridgehead atoms. The second-order valence-electron chi connectivity index (χ2n) is 7.53. The first kappa shape index (κ1) is 19.4. The molecule has 3 heterocycles. The molecule has 5 nitrogen and oxygen atoms in total. The van der Waals surface area contributed by atoms with Crippen LogP contribution in [0.25, 0.3) is 10.9 Å². The van der Waals surface area contributed by atoms with Crippen LogP contribution in [0.1, 0.15) is 28.0 Å². The van der Waals surface area contributed by atoms with Gasteiger partial charge in [-0.15, -0.1) is 11.3 Å². The highest BCUT2D eigenvalue weighted by atomic mass is 32.1. The standard InChI is InChI=1S/C23H24N4OS/c1-16-6-7-18-13-19(15-24)23(25-22(18)17(16)2)27-9-4-8-26(10-11-27)21(28)14-20-5-3-12-29-20/h3,5-7,12-13H,4,8-11,14H2,1-2H3. The van der Waals surface area contributed by atoms with Crippen molar-refractivity contribution in [3.8, 4) is 6.07 Å². The van der Waals surface area contributed by atoms with Crippen molar-refractivity contribution in [3.63, 3.8) is 0 Å². The second kappa shape index (κ2) is 8.22. The highest BCUT2D eigenvalue weighted by Gasteiger charge is 2.22. The summed E-state index contributed by atoms with van der Waals surface area (Å²) in [6, 6.07) is 12.4. The van der Waals surface area contributed by atoms with Crippen LogP contribution in [-0.2, 0) is 11.2 Å². The van der Waals surface area contributed by atoms with Gasteiger partial charge in [0, 0.05) is 36.4 Å². The first-order valence-electron chi connectivity index (χ1n) is 9.93. The number of thiophene rings is 1. The van der Waals surface area contributed by atoms with E-state index in [0.29, 0.717) is 25.1 Å². The number of nitrogens with zero attached hydrogens (tertiary/aromatic N) is 4. The van der Waals surface area contributed by atoms with E-state index in [1.165, 1.54) is 5.56 Å². The molecule has 0 saturated carbocycles. The van der Waals surface area contributed by atoms with Crippen LogP contribution in [0.3, 0.4) is 0 Å². The molecule has 6 heteroatoms. The van der Waals surface area contributed by atoms with E-state index < -0.39 is 0 Å². The maximum absolute atomic E-state index is 12.7. The number of rotatable bonds is 3. The third-order valence-electron chi connectivity index (χ3n) is 5.67. The number of amides is 1. The zero-order chi connectivity index (χ0) is 20.4. The minimum absolute atomic E-state index is 0.174. The molecular formula is C23H24N4OS. The van der Waals surface area contributed by atoms with Crippen molar-refractivity contribution in [1.29, 1.82) is 5.26 Å². The van der Waals surface area contributed by atoms with Crippen molar-refractivity contribution in [2.24, 2.45) is 0 Å². The molecule has 0 unspecified atom stereocenters. The third-order valence-corrected chi connectivity index (χ3v) is 6.54. The molecule has 148 valence electrons. The smallest absolute Gasteiger partial charge is 0.227 e. The molecule has 0 radical (unpaired) electrons. The molecule has 1 fully saturated rings. The summed E-state index contributed by atoms with van der Waals surface area (Å²) in [5.41, 5.74) is 3.89. The van der Waals surface area contributed by atoms with Crippen LogP contribution in [-0.4, -0.2) is 42.0 Å². The average molecular weight is 405 g/mol. The molecule has 1 aliphatic heterocycles. The summed E-state index contributed by atoms with van der Waals surface area (Å²) < 4.78 is 0. The molecule has 4 rings (SSSR count). The van der Waals surface area contributed by atoms with Gasteiger partial charge in [-0.1, -0.05) is 18.2 Å². The Morgan fingerprint density at radius 1 is 1.21 bits per heavy atom. The van der Waals surface area contributed by atoms with Gasteiger partial charge in [-0.3, -0.25) is 4.79 Å². The molecule has 1 saturated heterocycles. The van der Waals surface area contributed by atoms with E-state index in [2.05, 4.69) is 30.9 Å². The number of benzene rings is 1. The number of hydrogen-bond donors (Lipinski definition) is 0. The molecule has 1 aliphatic rings. The first-order valence-corrected chi connectivity index (χ1v) is 10.8. The number of anilines is 1. The lowest BCUT2D eigenvalue weighted by Crippen LogP contribution is -2.36. The van der Waals surface area contributed by atoms with E-state index in [1.807, 2.05) is 34.5 Å². The first-order chi connectivity index (χ1) is 14.1. The molecule has 0 N–H and O–H groups in total. The van der Waals surface area contributed by atoms with E-state index in [1.54, 1.807) is 11.3 Å². The number of carbonyl (C=O) groups excluding carboxylic acids is 1. The van der Waals surface area contributed by atoms with E-state index in [-0.39, 0.29) is 5.91 Å². The summed E-state index contributed by atoms with van der Waals surface area (Å²) in [5, 5.41) is 12.7. The number of pyridine rings is 1. The van der Waals surface area contributed by atoms with Crippen molar-refractivity contribution in [3.05, 3.63) is 57.3 Å². The molecule has 0 aliphatic carbocycles. The van der Waals surface area contributed by atoms with Crippen molar-refractivity contribution in [1.82, 2.24) is 9.88 Å². The maximum Gasteiger partial charge on any atom is 0.227 e. The van der Waals surface area contributed by atoms with Gasteiger partial charge in [-0.2, -0.15) is 5.26 Å². The summed E-state index contributed by atoms with van der Waals surface area (Å²) in [4.78, 5) is 22.8. The maximum atomic E-state index is 12.7. The molecule has 1 amide bonds. The molecular weight excluding hydrogens is 380 g/mol. The number of nitriles is 1. The molecule has 0 spiro atoms. The number of carbonyl (C=O) groups is 1. The lowest BCUT2D eigenvalue weighted by atomic mass is 10.0. The van der Waals surface area contributed by atoms with Gasteiger partial charge in [0.05, 0.1) is 17.5 Å². The van der Waals surface area contributed by atoms with E-state index in [4.69, 9.17) is 4.98 Å². The Bertz CT molecular complexity index is 1080. The zero-order valence-electron chi connectivity index (χ0n) is 16.8. The average Bonchev–Trinajstić information content (AvgIpc) is 3.11. The Morgan fingerprint density at radius 3 is 2.83 bits per heavy atom. The minimum atomic E-state index is 0.174. The summed E-state index contributed by atoms with van der Waals surface area (Å²) in [6.45, 7) is 7.04. The Hall–Kier alpha value is -2.91. The van der Waals surface area contributed by atoms with E-state index in [9.17, 15) is 10.1 Å². The van der Waals surface area contributed by atoms with Gasteiger partial charge in [0.15, 0.2) is 0 Å². The van der Waals surface area contributed by atoms with E-state index in [0.717, 1.165) is 46.7 Å². The Kier molecular flexibility index (Phi) is 5.50.